The molecule has 1 aromatic rings. The average molecular weight is 285 g/mol. The van der Waals surface area contributed by atoms with Crippen LogP contribution in [0.4, 0.5) is 5.95 Å². The summed E-state index contributed by atoms with van der Waals surface area (Å²) >= 11 is 5.94. The van der Waals surface area contributed by atoms with E-state index < -0.39 is 0 Å². The second kappa shape index (κ2) is 6.37. The molecule has 0 aliphatic carbocycles. The van der Waals surface area contributed by atoms with E-state index in [0.29, 0.717) is 12.0 Å². The maximum atomic E-state index is 5.94. The number of nitrogens with zero attached hydrogens (tertiary/aromatic N) is 4. The van der Waals surface area contributed by atoms with Crippen LogP contribution in [0.25, 0.3) is 0 Å². The standard InChI is InChI=1S/C13H21ClN4O/c1-4-10-5-7-18(8-6-10)12-15-11(14)16-13(17-12)19-9(2)3/h9-10H,4-8H2,1-3H3. The van der Waals surface area contributed by atoms with Crippen molar-refractivity contribution in [2.75, 3.05) is 18.0 Å². The molecule has 19 heavy (non-hydrogen) atoms. The number of halogens is 1. The largest absolute Gasteiger partial charge is 0.461 e. The van der Waals surface area contributed by atoms with Gasteiger partial charge in [-0.2, -0.15) is 15.0 Å². The maximum absolute atomic E-state index is 5.94. The van der Waals surface area contributed by atoms with Gasteiger partial charge in [0.25, 0.3) is 0 Å². The first-order chi connectivity index (χ1) is 9.08. The molecule has 1 aromatic heterocycles. The van der Waals surface area contributed by atoms with Gasteiger partial charge < -0.3 is 9.64 Å². The molecule has 106 valence electrons. The molecule has 0 N–H and O–H groups in total. The van der Waals surface area contributed by atoms with Crippen molar-refractivity contribution in [1.29, 1.82) is 0 Å². The summed E-state index contributed by atoms with van der Waals surface area (Å²) in [5.41, 5.74) is 0. The van der Waals surface area contributed by atoms with Gasteiger partial charge in [-0.05, 0) is 44.2 Å². The van der Waals surface area contributed by atoms with Gasteiger partial charge >= 0.3 is 6.01 Å². The smallest absolute Gasteiger partial charge is 0.322 e. The van der Waals surface area contributed by atoms with E-state index in [2.05, 4.69) is 26.8 Å². The molecule has 1 saturated heterocycles. The van der Waals surface area contributed by atoms with Crippen molar-refractivity contribution in [3.05, 3.63) is 5.28 Å². The molecule has 2 rings (SSSR count). The number of hydrogen-bond acceptors (Lipinski definition) is 5. The van der Waals surface area contributed by atoms with E-state index in [1.807, 2.05) is 13.8 Å². The van der Waals surface area contributed by atoms with Crippen LogP contribution in [-0.4, -0.2) is 34.1 Å². The number of ether oxygens (including phenoxy) is 1. The van der Waals surface area contributed by atoms with E-state index >= 15 is 0 Å². The van der Waals surface area contributed by atoms with Crippen molar-refractivity contribution in [2.45, 2.75) is 46.1 Å². The molecule has 5 nitrogen and oxygen atoms in total. The van der Waals surface area contributed by atoms with Crippen LogP contribution in [0.3, 0.4) is 0 Å². The van der Waals surface area contributed by atoms with Crippen molar-refractivity contribution in [1.82, 2.24) is 15.0 Å². The molecule has 2 heterocycles. The number of aromatic nitrogens is 3. The lowest BCUT2D eigenvalue weighted by atomic mass is 9.95. The number of piperidine rings is 1. The Morgan fingerprint density at radius 3 is 2.53 bits per heavy atom. The van der Waals surface area contributed by atoms with E-state index in [0.717, 1.165) is 19.0 Å². The first kappa shape index (κ1) is 14.3. The fourth-order valence-corrected chi connectivity index (χ4v) is 2.42. The van der Waals surface area contributed by atoms with Gasteiger partial charge in [-0.25, -0.2) is 0 Å². The summed E-state index contributed by atoms with van der Waals surface area (Å²) in [4.78, 5) is 14.7. The number of hydrogen-bond donors (Lipinski definition) is 0. The van der Waals surface area contributed by atoms with Gasteiger partial charge in [-0.15, -0.1) is 0 Å². The predicted octanol–water partition coefficient (Wildman–Crippen LogP) is 2.94. The Bertz CT molecular complexity index is 419. The fourth-order valence-electron chi connectivity index (χ4n) is 2.27. The van der Waals surface area contributed by atoms with Gasteiger partial charge in [-0.1, -0.05) is 13.3 Å². The van der Waals surface area contributed by atoms with Crippen molar-refractivity contribution in [2.24, 2.45) is 5.92 Å². The molecule has 1 fully saturated rings. The van der Waals surface area contributed by atoms with Crippen LogP contribution in [-0.2, 0) is 0 Å². The minimum atomic E-state index is 0.0251. The zero-order chi connectivity index (χ0) is 13.8. The van der Waals surface area contributed by atoms with Crippen LogP contribution in [0.15, 0.2) is 0 Å². The summed E-state index contributed by atoms with van der Waals surface area (Å²) in [6.07, 6.45) is 3.63. The first-order valence-electron chi connectivity index (χ1n) is 6.91. The lowest BCUT2D eigenvalue weighted by Gasteiger charge is -2.31. The van der Waals surface area contributed by atoms with Gasteiger partial charge in [0.15, 0.2) is 0 Å². The Morgan fingerprint density at radius 1 is 1.26 bits per heavy atom. The Kier molecular flexibility index (Phi) is 4.80. The Balaban J connectivity index is 2.09. The van der Waals surface area contributed by atoms with E-state index in [1.54, 1.807) is 0 Å². The highest BCUT2D eigenvalue weighted by Crippen LogP contribution is 2.24. The van der Waals surface area contributed by atoms with Crippen LogP contribution >= 0.6 is 11.6 Å². The summed E-state index contributed by atoms with van der Waals surface area (Å²) in [6, 6.07) is 0.308. The fraction of sp³-hybridized carbons (Fsp3) is 0.769. The molecule has 1 aliphatic rings. The molecule has 0 aromatic carbocycles. The minimum Gasteiger partial charge on any atom is -0.461 e. The Hall–Kier alpha value is -1.10. The molecule has 0 bridgehead atoms. The summed E-state index contributed by atoms with van der Waals surface area (Å²) in [6.45, 7) is 8.06. The lowest BCUT2D eigenvalue weighted by molar-refractivity contribution is 0.221. The highest BCUT2D eigenvalue weighted by molar-refractivity contribution is 6.28. The average Bonchev–Trinajstić information content (AvgIpc) is 2.37. The molecule has 0 radical (unpaired) electrons. The third-order valence-corrected chi connectivity index (χ3v) is 3.56. The zero-order valence-corrected chi connectivity index (χ0v) is 12.5. The van der Waals surface area contributed by atoms with Crippen LogP contribution in [0.5, 0.6) is 6.01 Å². The normalized spacial score (nSPS) is 17.0. The van der Waals surface area contributed by atoms with E-state index in [4.69, 9.17) is 16.3 Å². The molecule has 0 spiro atoms. The SMILES string of the molecule is CCC1CCN(c2nc(Cl)nc(OC(C)C)n2)CC1. The van der Waals surface area contributed by atoms with Crippen molar-refractivity contribution < 1.29 is 4.74 Å². The summed E-state index contributed by atoms with van der Waals surface area (Å²) < 4.78 is 5.50. The van der Waals surface area contributed by atoms with Crippen molar-refractivity contribution in [3.63, 3.8) is 0 Å². The van der Waals surface area contributed by atoms with Crippen LogP contribution in [0.2, 0.25) is 5.28 Å². The summed E-state index contributed by atoms with van der Waals surface area (Å²) in [7, 11) is 0. The van der Waals surface area contributed by atoms with E-state index in [9.17, 15) is 0 Å². The maximum Gasteiger partial charge on any atom is 0.322 e. The second-order valence-electron chi connectivity index (χ2n) is 5.19. The quantitative estimate of drug-likeness (QED) is 0.851. The second-order valence-corrected chi connectivity index (χ2v) is 5.53. The van der Waals surface area contributed by atoms with Gasteiger partial charge in [0.05, 0.1) is 6.10 Å². The first-order valence-corrected chi connectivity index (χ1v) is 7.29. The minimum absolute atomic E-state index is 0.0251. The van der Waals surface area contributed by atoms with Gasteiger partial charge in [0.1, 0.15) is 0 Å². The molecule has 0 amide bonds. The molecule has 6 heteroatoms. The molecular weight excluding hydrogens is 264 g/mol. The van der Waals surface area contributed by atoms with Gasteiger partial charge in [-0.3, -0.25) is 0 Å². The van der Waals surface area contributed by atoms with Gasteiger partial charge in [0.2, 0.25) is 11.2 Å². The zero-order valence-electron chi connectivity index (χ0n) is 11.8. The van der Waals surface area contributed by atoms with Crippen molar-refractivity contribution in [3.8, 4) is 6.01 Å². The Morgan fingerprint density at radius 2 is 1.95 bits per heavy atom. The number of anilines is 1. The molecular formula is C13H21ClN4O. The van der Waals surface area contributed by atoms with Crippen LogP contribution < -0.4 is 9.64 Å². The van der Waals surface area contributed by atoms with E-state index in [-0.39, 0.29) is 11.4 Å². The third-order valence-electron chi connectivity index (χ3n) is 3.39. The summed E-state index contributed by atoms with van der Waals surface area (Å²) in [5, 5.41) is 0.193. The topological polar surface area (TPSA) is 51.1 Å². The molecule has 0 atom stereocenters. The monoisotopic (exact) mass is 284 g/mol. The number of rotatable bonds is 4. The highest BCUT2D eigenvalue weighted by atomic mass is 35.5. The lowest BCUT2D eigenvalue weighted by Crippen LogP contribution is -2.35. The molecule has 1 aliphatic heterocycles. The molecule has 0 saturated carbocycles. The van der Waals surface area contributed by atoms with E-state index in [1.165, 1.54) is 19.3 Å². The van der Waals surface area contributed by atoms with Gasteiger partial charge in [0, 0.05) is 13.1 Å². The van der Waals surface area contributed by atoms with Crippen molar-refractivity contribution >= 4 is 17.5 Å². The predicted molar refractivity (Wildman–Crippen MR) is 75.8 cm³/mol. The Labute approximate surface area is 119 Å². The summed E-state index contributed by atoms with van der Waals surface area (Å²) in [5.74, 6) is 1.45. The highest BCUT2D eigenvalue weighted by Gasteiger charge is 2.21. The van der Waals surface area contributed by atoms with Crippen LogP contribution in [0.1, 0.15) is 40.0 Å². The van der Waals surface area contributed by atoms with Crippen LogP contribution in [0, 0.1) is 5.92 Å². The molecule has 0 unspecified atom stereocenters. The third kappa shape index (κ3) is 3.93.